The van der Waals surface area contributed by atoms with Crippen LogP contribution in [0, 0.1) is 0 Å². The summed E-state index contributed by atoms with van der Waals surface area (Å²) < 4.78 is 5.08. The van der Waals surface area contributed by atoms with Gasteiger partial charge in [0.25, 0.3) is 0 Å². The summed E-state index contributed by atoms with van der Waals surface area (Å²) >= 11 is 12.0. The molecule has 0 aliphatic heterocycles. The van der Waals surface area contributed by atoms with Gasteiger partial charge in [0.15, 0.2) is 0 Å². The van der Waals surface area contributed by atoms with Crippen LogP contribution in [0.15, 0.2) is 36.4 Å². The number of carboxylic acids is 1. The van der Waals surface area contributed by atoms with E-state index in [1.165, 1.54) is 13.2 Å². The van der Waals surface area contributed by atoms with Crippen LogP contribution in [0.1, 0.15) is 10.4 Å². The Balaban J connectivity index is 2.54. The third kappa shape index (κ3) is 2.83. The Morgan fingerprint density at radius 3 is 2.47 bits per heavy atom. The lowest BCUT2D eigenvalue weighted by Gasteiger charge is -2.09. The number of methoxy groups -OCH3 is 1. The van der Waals surface area contributed by atoms with Crippen LogP contribution >= 0.6 is 23.2 Å². The van der Waals surface area contributed by atoms with Gasteiger partial charge in [0.05, 0.1) is 7.11 Å². The molecule has 1 N–H and O–H groups in total. The lowest BCUT2D eigenvalue weighted by Crippen LogP contribution is -2.00. The first-order valence-electron chi connectivity index (χ1n) is 5.39. The van der Waals surface area contributed by atoms with Gasteiger partial charge in [-0.3, -0.25) is 0 Å². The summed E-state index contributed by atoms with van der Waals surface area (Å²) in [6.07, 6.45) is 0. The highest BCUT2D eigenvalue weighted by atomic mass is 35.5. The molecule has 2 aromatic rings. The number of benzene rings is 2. The molecule has 0 radical (unpaired) electrons. The monoisotopic (exact) mass is 296 g/mol. The van der Waals surface area contributed by atoms with E-state index in [2.05, 4.69) is 0 Å². The van der Waals surface area contributed by atoms with Crippen LogP contribution in [0.3, 0.4) is 0 Å². The van der Waals surface area contributed by atoms with Gasteiger partial charge < -0.3 is 9.84 Å². The van der Waals surface area contributed by atoms with Crippen molar-refractivity contribution in [3.8, 4) is 16.9 Å². The van der Waals surface area contributed by atoms with Crippen molar-refractivity contribution in [1.82, 2.24) is 0 Å². The van der Waals surface area contributed by atoms with Gasteiger partial charge in [0, 0.05) is 15.6 Å². The first-order chi connectivity index (χ1) is 9.02. The Kier molecular flexibility index (Phi) is 3.98. The van der Waals surface area contributed by atoms with Crippen LogP contribution in [-0.2, 0) is 0 Å². The molecule has 0 saturated carbocycles. The maximum Gasteiger partial charge on any atom is 0.339 e. The fourth-order valence-corrected chi connectivity index (χ4v) is 2.28. The smallest absolute Gasteiger partial charge is 0.339 e. The van der Waals surface area contributed by atoms with Gasteiger partial charge >= 0.3 is 5.97 Å². The van der Waals surface area contributed by atoms with Crippen molar-refractivity contribution in [3.63, 3.8) is 0 Å². The first kappa shape index (κ1) is 13.7. The SMILES string of the molecule is COc1cc(-c2ccc(Cl)cc2Cl)ccc1C(=O)O. The molecule has 0 aliphatic carbocycles. The maximum absolute atomic E-state index is 11.0. The van der Waals surface area contributed by atoms with E-state index in [9.17, 15) is 4.79 Å². The van der Waals surface area contributed by atoms with Gasteiger partial charge in [0.2, 0.25) is 0 Å². The molecule has 5 heteroatoms. The predicted molar refractivity (Wildman–Crippen MR) is 75.4 cm³/mol. The van der Waals surface area contributed by atoms with Crippen molar-refractivity contribution in [3.05, 3.63) is 52.0 Å². The molecule has 0 heterocycles. The zero-order valence-electron chi connectivity index (χ0n) is 9.98. The Labute approximate surface area is 120 Å². The summed E-state index contributed by atoms with van der Waals surface area (Å²) in [6, 6.07) is 9.94. The summed E-state index contributed by atoms with van der Waals surface area (Å²) in [7, 11) is 1.43. The molecule has 2 rings (SSSR count). The van der Waals surface area contributed by atoms with Crippen LogP contribution in [-0.4, -0.2) is 18.2 Å². The van der Waals surface area contributed by atoms with E-state index in [1.54, 1.807) is 30.3 Å². The molecule has 0 aliphatic rings. The number of carboxylic acid groups (broad SMARTS) is 1. The Morgan fingerprint density at radius 2 is 1.89 bits per heavy atom. The van der Waals surface area contributed by atoms with E-state index >= 15 is 0 Å². The van der Waals surface area contributed by atoms with Crippen LogP contribution < -0.4 is 4.74 Å². The molecule has 3 nitrogen and oxygen atoms in total. The summed E-state index contributed by atoms with van der Waals surface area (Å²) in [5, 5.41) is 10.1. The topological polar surface area (TPSA) is 46.5 Å². The molecule has 0 spiro atoms. The van der Waals surface area contributed by atoms with E-state index in [0.717, 1.165) is 11.1 Å². The molecular weight excluding hydrogens is 287 g/mol. The largest absolute Gasteiger partial charge is 0.496 e. The van der Waals surface area contributed by atoms with E-state index in [0.29, 0.717) is 10.0 Å². The van der Waals surface area contributed by atoms with Crippen molar-refractivity contribution in [2.75, 3.05) is 7.11 Å². The molecular formula is C14H10Cl2O3. The van der Waals surface area contributed by atoms with E-state index in [4.69, 9.17) is 33.0 Å². The zero-order valence-corrected chi connectivity index (χ0v) is 11.5. The van der Waals surface area contributed by atoms with Crippen molar-refractivity contribution in [1.29, 1.82) is 0 Å². The third-order valence-corrected chi connectivity index (χ3v) is 3.22. The van der Waals surface area contributed by atoms with Crippen LogP contribution in [0.2, 0.25) is 10.0 Å². The van der Waals surface area contributed by atoms with Crippen molar-refractivity contribution in [2.45, 2.75) is 0 Å². The molecule has 0 atom stereocenters. The minimum Gasteiger partial charge on any atom is -0.496 e. The quantitative estimate of drug-likeness (QED) is 0.915. The Bertz CT molecular complexity index is 639. The normalized spacial score (nSPS) is 10.3. The average molecular weight is 297 g/mol. The van der Waals surface area contributed by atoms with Crippen molar-refractivity contribution >= 4 is 29.2 Å². The van der Waals surface area contributed by atoms with Gasteiger partial charge in [0.1, 0.15) is 11.3 Å². The van der Waals surface area contributed by atoms with Gasteiger partial charge in [-0.05, 0) is 29.8 Å². The fraction of sp³-hybridized carbons (Fsp3) is 0.0714. The number of aromatic carboxylic acids is 1. The second-order valence-corrected chi connectivity index (χ2v) is 4.69. The maximum atomic E-state index is 11.0. The highest BCUT2D eigenvalue weighted by molar-refractivity contribution is 6.36. The van der Waals surface area contributed by atoms with Crippen molar-refractivity contribution < 1.29 is 14.6 Å². The van der Waals surface area contributed by atoms with Crippen LogP contribution in [0.5, 0.6) is 5.75 Å². The molecule has 0 amide bonds. The van der Waals surface area contributed by atoms with E-state index < -0.39 is 5.97 Å². The molecule has 2 aromatic carbocycles. The lowest BCUT2D eigenvalue weighted by molar-refractivity contribution is 0.0693. The molecule has 98 valence electrons. The number of ether oxygens (including phenoxy) is 1. The summed E-state index contributed by atoms with van der Waals surface area (Å²) in [4.78, 5) is 11.0. The highest BCUT2D eigenvalue weighted by Crippen LogP contribution is 2.33. The Morgan fingerprint density at radius 1 is 1.16 bits per heavy atom. The second kappa shape index (κ2) is 5.51. The number of hydrogen-bond donors (Lipinski definition) is 1. The molecule has 0 fully saturated rings. The Hall–Kier alpha value is -1.71. The third-order valence-electron chi connectivity index (χ3n) is 2.67. The molecule has 0 saturated heterocycles. The van der Waals surface area contributed by atoms with Gasteiger partial charge in [-0.15, -0.1) is 0 Å². The summed E-state index contributed by atoms with van der Waals surface area (Å²) in [6.45, 7) is 0. The fourth-order valence-electron chi connectivity index (χ4n) is 1.76. The van der Waals surface area contributed by atoms with E-state index in [1.807, 2.05) is 0 Å². The van der Waals surface area contributed by atoms with Crippen molar-refractivity contribution in [2.24, 2.45) is 0 Å². The van der Waals surface area contributed by atoms with E-state index in [-0.39, 0.29) is 11.3 Å². The zero-order chi connectivity index (χ0) is 14.0. The first-order valence-corrected chi connectivity index (χ1v) is 6.15. The molecule has 19 heavy (non-hydrogen) atoms. The minimum absolute atomic E-state index is 0.108. The number of carbonyl (C=O) groups is 1. The number of rotatable bonds is 3. The standard InChI is InChI=1S/C14H10Cl2O3/c1-19-13-6-8(2-4-11(13)14(17)18)10-5-3-9(15)7-12(10)16/h2-7H,1H3,(H,17,18). The lowest BCUT2D eigenvalue weighted by atomic mass is 10.0. The minimum atomic E-state index is -1.04. The summed E-state index contributed by atoms with van der Waals surface area (Å²) in [5.41, 5.74) is 1.64. The highest BCUT2D eigenvalue weighted by Gasteiger charge is 2.13. The van der Waals surface area contributed by atoms with Crippen LogP contribution in [0.4, 0.5) is 0 Å². The predicted octanol–water partition coefficient (Wildman–Crippen LogP) is 4.37. The number of hydrogen-bond acceptors (Lipinski definition) is 2. The molecule has 0 aromatic heterocycles. The van der Waals surface area contributed by atoms with Crippen LogP contribution in [0.25, 0.3) is 11.1 Å². The van der Waals surface area contributed by atoms with Gasteiger partial charge in [-0.25, -0.2) is 4.79 Å². The van der Waals surface area contributed by atoms with Gasteiger partial charge in [-0.1, -0.05) is 35.3 Å². The average Bonchev–Trinajstić information content (AvgIpc) is 2.37. The number of halogens is 2. The molecule has 0 bridgehead atoms. The summed E-state index contributed by atoms with van der Waals surface area (Å²) in [5.74, 6) is -0.749. The van der Waals surface area contributed by atoms with Gasteiger partial charge in [-0.2, -0.15) is 0 Å². The second-order valence-electron chi connectivity index (χ2n) is 3.84. The molecule has 0 unspecified atom stereocenters.